The monoisotopic (exact) mass is 246 g/mol. The molecule has 0 N–H and O–H groups in total. The van der Waals surface area contributed by atoms with Crippen LogP contribution in [-0.2, 0) is 13.3 Å². The number of hydrogen-bond acceptors (Lipinski definition) is 3. The Bertz CT molecular complexity index is 168. The highest BCUT2D eigenvalue weighted by Crippen LogP contribution is 2.29. The van der Waals surface area contributed by atoms with Crippen LogP contribution in [0.5, 0.6) is 0 Å². The Balaban J connectivity index is 4.60. The summed E-state index contributed by atoms with van der Waals surface area (Å²) in [6.45, 7) is 13.8. The molecule has 0 bridgehead atoms. The van der Waals surface area contributed by atoms with Gasteiger partial charge >= 0.3 is 8.80 Å². The first-order chi connectivity index (χ1) is 7.66. The Kier molecular flexibility index (Phi) is 8.84. The molecule has 0 radical (unpaired) electrons. The molecule has 0 aromatic heterocycles. The highest BCUT2D eigenvalue weighted by Gasteiger charge is 2.46. The van der Waals surface area contributed by atoms with Crippen LogP contribution in [0.15, 0.2) is 12.7 Å². The maximum Gasteiger partial charge on any atom is 0.503 e. The molecule has 0 aromatic carbocycles. The summed E-state index contributed by atoms with van der Waals surface area (Å²) in [5, 5.41) is 0. The van der Waals surface area contributed by atoms with Crippen LogP contribution < -0.4 is 0 Å². The van der Waals surface area contributed by atoms with Crippen molar-refractivity contribution in [3.05, 3.63) is 12.7 Å². The molecular formula is C12H26O3Si. The normalized spacial score (nSPS) is 13.8. The molecule has 0 fully saturated rings. The lowest BCUT2D eigenvalue weighted by Crippen LogP contribution is -2.49. The summed E-state index contributed by atoms with van der Waals surface area (Å²) < 4.78 is 17.5. The second-order valence-corrected chi connectivity index (χ2v) is 6.73. The quantitative estimate of drug-likeness (QED) is 0.437. The van der Waals surface area contributed by atoms with Crippen LogP contribution in [0.2, 0.25) is 5.54 Å². The van der Waals surface area contributed by atoms with Crippen molar-refractivity contribution in [2.45, 2.75) is 46.1 Å². The number of allylic oxidation sites excluding steroid dienone is 1. The lowest BCUT2D eigenvalue weighted by Gasteiger charge is -2.33. The Morgan fingerprint density at radius 2 is 1.50 bits per heavy atom. The largest absolute Gasteiger partial charge is 0.503 e. The molecule has 0 saturated heterocycles. The molecule has 0 aliphatic rings. The summed E-state index contributed by atoms with van der Waals surface area (Å²) >= 11 is 0. The van der Waals surface area contributed by atoms with Crippen LogP contribution in [0.1, 0.15) is 40.5 Å². The average Bonchev–Trinajstić information content (AvgIpc) is 2.26. The summed E-state index contributed by atoms with van der Waals surface area (Å²) in [5.74, 6) is 0. The Hall–Kier alpha value is -0.163. The predicted octanol–water partition coefficient (Wildman–Crippen LogP) is 3.39. The van der Waals surface area contributed by atoms with Crippen LogP contribution >= 0.6 is 0 Å². The Labute approximate surface area is 101 Å². The highest BCUT2D eigenvalue weighted by atomic mass is 28.4. The second kappa shape index (κ2) is 8.93. The van der Waals surface area contributed by atoms with E-state index in [1.165, 1.54) is 0 Å². The molecule has 0 heterocycles. The van der Waals surface area contributed by atoms with Crippen LogP contribution in [-0.4, -0.2) is 28.6 Å². The van der Waals surface area contributed by atoms with E-state index in [0.29, 0.717) is 25.4 Å². The fourth-order valence-corrected chi connectivity index (χ4v) is 4.53. The molecule has 4 heteroatoms. The average molecular weight is 246 g/mol. The van der Waals surface area contributed by atoms with Gasteiger partial charge in [-0.15, -0.1) is 6.58 Å². The molecule has 3 nitrogen and oxygen atoms in total. The molecule has 0 rings (SSSR count). The van der Waals surface area contributed by atoms with Gasteiger partial charge in [0.2, 0.25) is 0 Å². The van der Waals surface area contributed by atoms with E-state index in [9.17, 15) is 0 Å². The minimum absolute atomic E-state index is 0.324. The fourth-order valence-electron chi connectivity index (χ4n) is 1.70. The van der Waals surface area contributed by atoms with Crippen LogP contribution in [0.3, 0.4) is 0 Å². The molecule has 0 spiro atoms. The van der Waals surface area contributed by atoms with E-state index >= 15 is 0 Å². The van der Waals surface area contributed by atoms with Gasteiger partial charge in [0.1, 0.15) is 0 Å². The van der Waals surface area contributed by atoms with Gasteiger partial charge in [-0.3, -0.25) is 0 Å². The predicted molar refractivity (Wildman–Crippen MR) is 69.5 cm³/mol. The third-order valence-corrected chi connectivity index (χ3v) is 6.01. The van der Waals surface area contributed by atoms with Crippen molar-refractivity contribution in [1.29, 1.82) is 0 Å². The van der Waals surface area contributed by atoms with Crippen molar-refractivity contribution in [2.24, 2.45) is 0 Å². The molecule has 96 valence electrons. The highest BCUT2D eigenvalue weighted by molar-refractivity contribution is 6.62. The fraction of sp³-hybridized carbons (Fsp3) is 0.833. The van der Waals surface area contributed by atoms with Crippen LogP contribution in [0, 0.1) is 0 Å². The maximum absolute atomic E-state index is 5.83. The topological polar surface area (TPSA) is 27.7 Å². The summed E-state index contributed by atoms with van der Waals surface area (Å²) in [6, 6.07) is 0. The van der Waals surface area contributed by atoms with Gasteiger partial charge in [-0.1, -0.05) is 13.0 Å². The van der Waals surface area contributed by atoms with E-state index in [-0.39, 0.29) is 0 Å². The van der Waals surface area contributed by atoms with E-state index < -0.39 is 8.80 Å². The van der Waals surface area contributed by atoms with Crippen LogP contribution in [0.4, 0.5) is 0 Å². The first-order valence-corrected chi connectivity index (χ1v) is 7.99. The maximum atomic E-state index is 5.83. The van der Waals surface area contributed by atoms with E-state index in [1.807, 2.05) is 26.8 Å². The van der Waals surface area contributed by atoms with E-state index in [1.54, 1.807) is 0 Å². The lowest BCUT2D eigenvalue weighted by atomic mass is 10.2. The number of hydrogen-bond donors (Lipinski definition) is 0. The Morgan fingerprint density at radius 1 is 1.06 bits per heavy atom. The summed E-state index contributed by atoms with van der Waals surface area (Å²) in [5.41, 5.74) is 0.324. The molecule has 1 unspecified atom stereocenters. The molecular weight excluding hydrogens is 220 g/mol. The smallest absolute Gasteiger partial charge is 0.374 e. The number of rotatable bonds is 10. The van der Waals surface area contributed by atoms with E-state index in [2.05, 4.69) is 13.5 Å². The lowest BCUT2D eigenvalue weighted by molar-refractivity contribution is 0.0616. The zero-order valence-electron chi connectivity index (χ0n) is 11.1. The first-order valence-electron chi connectivity index (χ1n) is 6.19. The molecule has 0 aliphatic carbocycles. The van der Waals surface area contributed by atoms with Gasteiger partial charge in [0.15, 0.2) is 0 Å². The minimum atomic E-state index is -2.48. The van der Waals surface area contributed by atoms with Gasteiger partial charge < -0.3 is 13.3 Å². The van der Waals surface area contributed by atoms with Crippen molar-refractivity contribution in [1.82, 2.24) is 0 Å². The van der Waals surface area contributed by atoms with Crippen molar-refractivity contribution >= 4 is 8.80 Å². The van der Waals surface area contributed by atoms with Crippen molar-refractivity contribution in [3.8, 4) is 0 Å². The van der Waals surface area contributed by atoms with Gasteiger partial charge in [0, 0.05) is 25.4 Å². The third-order valence-electron chi connectivity index (χ3n) is 2.44. The summed E-state index contributed by atoms with van der Waals surface area (Å²) in [4.78, 5) is 0. The summed E-state index contributed by atoms with van der Waals surface area (Å²) in [7, 11) is -2.48. The van der Waals surface area contributed by atoms with Gasteiger partial charge in [-0.25, -0.2) is 0 Å². The zero-order chi connectivity index (χ0) is 12.4. The molecule has 0 aromatic rings. The van der Waals surface area contributed by atoms with Gasteiger partial charge in [0.25, 0.3) is 0 Å². The molecule has 0 amide bonds. The molecule has 0 aliphatic heterocycles. The van der Waals surface area contributed by atoms with Crippen LogP contribution in [0.25, 0.3) is 0 Å². The first kappa shape index (κ1) is 15.8. The second-order valence-electron chi connectivity index (χ2n) is 3.67. The third kappa shape index (κ3) is 4.78. The van der Waals surface area contributed by atoms with Gasteiger partial charge in [-0.2, -0.15) is 0 Å². The van der Waals surface area contributed by atoms with Crippen molar-refractivity contribution in [3.63, 3.8) is 0 Å². The zero-order valence-corrected chi connectivity index (χ0v) is 12.1. The van der Waals surface area contributed by atoms with E-state index in [0.717, 1.165) is 12.8 Å². The molecule has 0 saturated carbocycles. The van der Waals surface area contributed by atoms with Gasteiger partial charge in [0.05, 0.1) is 0 Å². The standard InChI is InChI=1S/C12H26O3Si/c1-6-10-11-12(5)16(13-7-2,14-8-3)15-9-4/h6,12H,1,7-11H2,2-5H3. The van der Waals surface area contributed by atoms with E-state index in [4.69, 9.17) is 13.3 Å². The molecule has 16 heavy (non-hydrogen) atoms. The van der Waals surface area contributed by atoms with Crippen molar-refractivity contribution in [2.75, 3.05) is 19.8 Å². The Morgan fingerprint density at radius 3 is 1.81 bits per heavy atom. The van der Waals surface area contributed by atoms with Gasteiger partial charge in [-0.05, 0) is 33.6 Å². The SMILES string of the molecule is C=CCCC(C)[Si](OCC)(OCC)OCC. The molecule has 1 atom stereocenters. The summed E-state index contributed by atoms with van der Waals surface area (Å²) in [6.07, 6.45) is 3.92. The minimum Gasteiger partial charge on any atom is -0.374 e. The van der Waals surface area contributed by atoms with Crippen molar-refractivity contribution < 1.29 is 13.3 Å².